The van der Waals surface area contributed by atoms with Crippen LogP contribution in [0.3, 0.4) is 0 Å². The molecule has 30 heavy (non-hydrogen) atoms. The van der Waals surface area contributed by atoms with Crippen molar-refractivity contribution in [3.8, 4) is 39.7 Å². The van der Waals surface area contributed by atoms with Gasteiger partial charge in [-0.05, 0) is 36.1 Å². The Balaban J connectivity index is 1.60. The Morgan fingerprint density at radius 2 is 1.50 bits per heavy atom. The molecule has 1 aliphatic rings. The Hall–Kier alpha value is -3.85. The normalized spacial score (nSPS) is 13.3. The van der Waals surface area contributed by atoms with Gasteiger partial charge < -0.3 is 10.1 Å². The molecule has 3 heteroatoms. The first-order valence-corrected chi connectivity index (χ1v) is 10.2. The number of aromatic amines is 1. The van der Waals surface area contributed by atoms with Crippen LogP contribution in [0.2, 0.25) is 0 Å². The molecule has 4 aromatic rings. The summed E-state index contributed by atoms with van der Waals surface area (Å²) in [6, 6.07) is 26.0. The van der Waals surface area contributed by atoms with Crippen molar-refractivity contribution in [1.82, 2.24) is 9.97 Å². The molecule has 5 rings (SSSR count). The lowest BCUT2D eigenvalue weighted by Gasteiger charge is -2.09. The molecule has 0 spiro atoms. The lowest BCUT2D eigenvalue weighted by atomic mass is 9.97. The van der Waals surface area contributed by atoms with E-state index in [4.69, 9.17) is 4.98 Å². The van der Waals surface area contributed by atoms with E-state index < -0.39 is 0 Å². The molecule has 3 nitrogen and oxygen atoms in total. The van der Waals surface area contributed by atoms with Crippen LogP contribution in [0.5, 0.6) is 5.75 Å². The molecule has 0 fully saturated rings. The van der Waals surface area contributed by atoms with E-state index in [1.807, 2.05) is 30.3 Å². The monoisotopic (exact) mass is 390 g/mol. The van der Waals surface area contributed by atoms with E-state index in [2.05, 4.69) is 59.6 Å². The molecule has 0 saturated heterocycles. The van der Waals surface area contributed by atoms with E-state index in [0.717, 1.165) is 46.7 Å². The zero-order chi connectivity index (χ0) is 20.3. The standard InChI is InChI=1S/C27H22N2O/c30-24-13-7-12-23(18-24)27-28-25(21-10-5-2-6-11-21)26(29-27)22-16-14-20(15-17-22)19-8-3-1-4-9-19/h2-3,5-18,30H,1,4H2,(H,28,29). The first-order valence-electron chi connectivity index (χ1n) is 10.2. The third kappa shape index (κ3) is 3.58. The smallest absolute Gasteiger partial charge is 0.138 e. The molecule has 0 unspecified atom stereocenters. The second-order valence-electron chi connectivity index (χ2n) is 7.44. The van der Waals surface area contributed by atoms with Gasteiger partial charge in [-0.1, -0.05) is 85.0 Å². The minimum Gasteiger partial charge on any atom is -0.508 e. The van der Waals surface area contributed by atoms with Crippen LogP contribution in [-0.4, -0.2) is 15.1 Å². The number of allylic oxidation sites excluding steroid dienone is 4. The van der Waals surface area contributed by atoms with E-state index in [0.29, 0.717) is 0 Å². The molecule has 2 N–H and O–H groups in total. The van der Waals surface area contributed by atoms with Gasteiger partial charge >= 0.3 is 0 Å². The van der Waals surface area contributed by atoms with Crippen LogP contribution in [0.1, 0.15) is 18.4 Å². The van der Waals surface area contributed by atoms with Gasteiger partial charge in [0, 0.05) is 16.7 Å². The summed E-state index contributed by atoms with van der Waals surface area (Å²) in [5.41, 5.74) is 7.36. The minimum absolute atomic E-state index is 0.227. The van der Waals surface area contributed by atoms with Crippen molar-refractivity contribution >= 4 is 5.57 Å². The molecule has 0 saturated carbocycles. The number of nitrogens with zero attached hydrogens (tertiary/aromatic N) is 1. The van der Waals surface area contributed by atoms with Crippen LogP contribution < -0.4 is 0 Å². The Bertz CT molecular complexity index is 1230. The summed E-state index contributed by atoms with van der Waals surface area (Å²) in [6.45, 7) is 0. The summed E-state index contributed by atoms with van der Waals surface area (Å²) < 4.78 is 0. The summed E-state index contributed by atoms with van der Waals surface area (Å²) in [5.74, 6) is 0.964. The lowest BCUT2D eigenvalue weighted by Crippen LogP contribution is -1.88. The summed E-state index contributed by atoms with van der Waals surface area (Å²) in [6.07, 6.45) is 8.94. The third-order valence-electron chi connectivity index (χ3n) is 5.37. The van der Waals surface area contributed by atoms with Gasteiger partial charge in [-0.2, -0.15) is 0 Å². The number of phenols is 1. The lowest BCUT2D eigenvalue weighted by molar-refractivity contribution is 0.475. The number of imidazole rings is 1. The van der Waals surface area contributed by atoms with Crippen LogP contribution in [0.4, 0.5) is 0 Å². The summed E-state index contributed by atoms with van der Waals surface area (Å²) in [7, 11) is 0. The van der Waals surface area contributed by atoms with Crippen molar-refractivity contribution < 1.29 is 5.11 Å². The predicted octanol–water partition coefficient (Wildman–Crippen LogP) is 6.85. The van der Waals surface area contributed by atoms with E-state index in [9.17, 15) is 5.11 Å². The molecular formula is C27H22N2O. The number of rotatable bonds is 4. The highest BCUT2D eigenvalue weighted by Gasteiger charge is 2.15. The van der Waals surface area contributed by atoms with Crippen LogP contribution >= 0.6 is 0 Å². The second kappa shape index (κ2) is 7.88. The highest BCUT2D eigenvalue weighted by Crippen LogP contribution is 2.34. The van der Waals surface area contributed by atoms with Gasteiger partial charge in [-0.15, -0.1) is 0 Å². The third-order valence-corrected chi connectivity index (χ3v) is 5.37. The van der Waals surface area contributed by atoms with Crippen molar-refractivity contribution in [2.75, 3.05) is 0 Å². The maximum absolute atomic E-state index is 9.89. The van der Waals surface area contributed by atoms with Crippen molar-refractivity contribution in [3.63, 3.8) is 0 Å². The van der Waals surface area contributed by atoms with Gasteiger partial charge in [0.05, 0.1) is 11.4 Å². The molecule has 1 aliphatic carbocycles. The summed E-state index contributed by atoms with van der Waals surface area (Å²) >= 11 is 0. The molecule has 146 valence electrons. The number of hydrogen-bond acceptors (Lipinski definition) is 2. The topological polar surface area (TPSA) is 48.9 Å². The van der Waals surface area contributed by atoms with E-state index in [-0.39, 0.29) is 5.75 Å². The maximum Gasteiger partial charge on any atom is 0.138 e. The molecule has 0 amide bonds. The number of phenolic OH excluding ortho intramolecular Hbond substituents is 1. The maximum atomic E-state index is 9.89. The number of aromatic nitrogens is 2. The van der Waals surface area contributed by atoms with Gasteiger partial charge in [-0.3, -0.25) is 0 Å². The average molecular weight is 390 g/mol. The Morgan fingerprint density at radius 1 is 0.733 bits per heavy atom. The number of H-pyrrole nitrogens is 1. The molecule has 0 bridgehead atoms. The zero-order valence-electron chi connectivity index (χ0n) is 16.5. The Labute approximate surface area is 176 Å². The van der Waals surface area contributed by atoms with Crippen LogP contribution in [0.15, 0.2) is 97.1 Å². The van der Waals surface area contributed by atoms with E-state index in [1.54, 1.807) is 12.1 Å². The highest BCUT2D eigenvalue weighted by atomic mass is 16.3. The summed E-state index contributed by atoms with van der Waals surface area (Å²) in [4.78, 5) is 8.38. The molecule has 0 atom stereocenters. The SMILES string of the molecule is Oc1cccc(-c2nc(-c3ccccc3)c(-c3ccc(C4=CCCC=C4)cc3)[nH]2)c1. The highest BCUT2D eigenvalue weighted by molar-refractivity contribution is 5.83. The average Bonchev–Trinajstić information content (AvgIpc) is 3.26. The molecule has 1 aromatic heterocycles. The van der Waals surface area contributed by atoms with Gasteiger partial charge in [-0.25, -0.2) is 4.98 Å². The number of hydrogen-bond donors (Lipinski definition) is 2. The van der Waals surface area contributed by atoms with Crippen molar-refractivity contribution in [2.24, 2.45) is 0 Å². The number of nitrogens with one attached hydrogen (secondary N) is 1. The van der Waals surface area contributed by atoms with Gasteiger partial charge in [0.1, 0.15) is 11.6 Å². The first kappa shape index (κ1) is 18.2. The Kier molecular flexibility index (Phi) is 4.78. The first-order chi connectivity index (χ1) is 14.8. The van der Waals surface area contributed by atoms with Gasteiger partial charge in [0.25, 0.3) is 0 Å². The fourth-order valence-electron chi connectivity index (χ4n) is 3.83. The quantitative estimate of drug-likeness (QED) is 0.400. The summed E-state index contributed by atoms with van der Waals surface area (Å²) in [5, 5.41) is 9.89. The van der Waals surface area contributed by atoms with E-state index in [1.165, 1.54) is 11.1 Å². The molecule has 0 aliphatic heterocycles. The van der Waals surface area contributed by atoms with Crippen LogP contribution in [-0.2, 0) is 0 Å². The van der Waals surface area contributed by atoms with Crippen molar-refractivity contribution in [2.45, 2.75) is 12.8 Å². The minimum atomic E-state index is 0.227. The van der Waals surface area contributed by atoms with Crippen LogP contribution in [0, 0.1) is 0 Å². The number of benzene rings is 3. The predicted molar refractivity (Wildman–Crippen MR) is 123 cm³/mol. The van der Waals surface area contributed by atoms with Crippen molar-refractivity contribution in [3.05, 3.63) is 103 Å². The van der Waals surface area contributed by atoms with Gasteiger partial charge in [0.2, 0.25) is 0 Å². The number of aromatic hydroxyl groups is 1. The zero-order valence-corrected chi connectivity index (χ0v) is 16.5. The van der Waals surface area contributed by atoms with Gasteiger partial charge in [0.15, 0.2) is 0 Å². The van der Waals surface area contributed by atoms with E-state index >= 15 is 0 Å². The molecule has 3 aromatic carbocycles. The van der Waals surface area contributed by atoms with Crippen LogP contribution in [0.25, 0.3) is 39.5 Å². The molecular weight excluding hydrogens is 368 g/mol. The second-order valence-corrected chi connectivity index (χ2v) is 7.44. The molecule has 1 heterocycles. The van der Waals surface area contributed by atoms with Crippen molar-refractivity contribution in [1.29, 1.82) is 0 Å². The fourth-order valence-corrected chi connectivity index (χ4v) is 3.83. The largest absolute Gasteiger partial charge is 0.508 e. The Morgan fingerprint density at radius 3 is 2.23 bits per heavy atom. The molecule has 0 radical (unpaired) electrons. The fraction of sp³-hybridized carbons (Fsp3) is 0.0741.